The molecule has 1 aromatic carbocycles. The van der Waals surface area contributed by atoms with E-state index in [4.69, 9.17) is 16.3 Å². The molecule has 212 valence electrons. The van der Waals surface area contributed by atoms with E-state index in [0.717, 1.165) is 16.9 Å². The Kier molecular flexibility index (Phi) is 6.76. The Labute approximate surface area is 237 Å². The van der Waals surface area contributed by atoms with E-state index in [9.17, 15) is 21.6 Å². The summed E-state index contributed by atoms with van der Waals surface area (Å²) in [5.74, 6) is 0.423. The van der Waals surface area contributed by atoms with Gasteiger partial charge in [0.15, 0.2) is 15.7 Å². The van der Waals surface area contributed by atoms with Gasteiger partial charge in [0.2, 0.25) is 0 Å². The highest BCUT2D eigenvalue weighted by atomic mass is 35.5. The topological polar surface area (TPSA) is 119 Å². The highest BCUT2D eigenvalue weighted by Crippen LogP contribution is 2.49. The number of halogens is 1. The maximum Gasteiger partial charge on any atom is 0.410 e. The van der Waals surface area contributed by atoms with Crippen LogP contribution in [0.25, 0.3) is 10.9 Å². The van der Waals surface area contributed by atoms with E-state index < -0.39 is 36.3 Å². The molecular weight excluding hydrogens is 584 g/mol. The Morgan fingerprint density at radius 2 is 1.74 bits per heavy atom. The monoisotopic (exact) mass is 614 g/mol. The molecule has 1 saturated heterocycles. The second-order valence-electron chi connectivity index (χ2n) is 11.3. The number of carbonyl (C=O) groups excluding carboxylic acids is 1. The van der Waals surface area contributed by atoms with Crippen LogP contribution in [0.5, 0.6) is 0 Å². The molecule has 2 aliphatic rings. The van der Waals surface area contributed by atoms with Crippen molar-refractivity contribution in [3.05, 3.63) is 35.4 Å². The Bertz CT molecular complexity index is 1670. The lowest BCUT2D eigenvalue weighted by Crippen LogP contribution is -2.57. The molecule has 10 nitrogen and oxygen atoms in total. The maximum absolute atomic E-state index is 13.8. The van der Waals surface area contributed by atoms with Crippen molar-refractivity contribution in [1.29, 1.82) is 0 Å². The average Bonchev–Trinajstić information content (AvgIpc) is 3.25. The van der Waals surface area contributed by atoms with Crippen LogP contribution < -0.4 is 4.90 Å². The van der Waals surface area contributed by atoms with E-state index in [0.29, 0.717) is 52.7 Å². The molecule has 2 fully saturated rings. The van der Waals surface area contributed by atoms with Crippen molar-refractivity contribution in [2.45, 2.75) is 72.3 Å². The molecule has 39 heavy (non-hydrogen) atoms. The zero-order valence-corrected chi connectivity index (χ0v) is 25.5. The number of sulfone groups is 1. The van der Waals surface area contributed by atoms with Gasteiger partial charge in [0.1, 0.15) is 14.0 Å². The minimum absolute atomic E-state index is 0.0130. The van der Waals surface area contributed by atoms with Crippen LogP contribution >= 0.6 is 22.9 Å². The van der Waals surface area contributed by atoms with Crippen molar-refractivity contribution in [3.8, 4) is 0 Å². The lowest BCUT2D eigenvalue weighted by molar-refractivity contribution is 0.0205. The first-order chi connectivity index (χ1) is 18.1. The molecule has 1 amide bonds. The zero-order valence-electron chi connectivity index (χ0n) is 22.3. The lowest BCUT2D eigenvalue weighted by Gasteiger charge is -2.42. The number of fused-ring (bicyclic) bond motifs is 1. The minimum Gasteiger partial charge on any atom is -0.444 e. The van der Waals surface area contributed by atoms with Crippen LogP contribution in [0.3, 0.4) is 0 Å². The first-order valence-electron chi connectivity index (χ1n) is 12.6. The van der Waals surface area contributed by atoms with Crippen molar-refractivity contribution in [2.24, 2.45) is 0 Å². The molecule has 2 aromatic heterocycles. The Morgan fingerprint density at radius 3 is 2.36 bits per heavy atom. The number of nitrogens with zero attached hydrogens (tertiary/aromatic N) is 4. The van der Waals surface area contributed by atoms with Crippen molar-refractivity contribution < 1.29 is 26.4 Å². The summed E-state index contributed by atoms with van der Waals surface area (Å²) in [4.78, 5) is 16.5. The number of benzene rings is 1. The van der Waals surface area contributed by atoms with E-state index in [1.54, 1.807) is 36.9 Å². The van der Waals surface area contributed by atoms with E-state index in [1.165, 1.54) is 12.1 Å². The van der Waals surface area contributed by atoms with E-state index >= 15 is 0 Å². The lowest BCUT2D eigenvalue weighted by atomic mass is 10.1. The van der Waals surface area contributed by atoms with Gasteiger partial charge >= 0.3 is 6.09 Å². The standard InChI is InChI=1S/C25H31ClN4O6S3/c1-16(2)38(32,33)19-9-10-20(37-19)39(34,35)30-18-8-6-7-17(26)21(18)22(27-30)29-14-13-28(15-25(29)11-12-25)23(31)36-24(3,4)5/h6-10,16H,11-15H2,1-5H3. The molecule has 1 saturated carbocycles. The van der Waals surface area contributed by atoms with Gasteiger partial charge < -0.3 is 14.5 Å². The fourth-order valence-electron chi connectivity index (χ4n) is 4.73. The summed E-state index contributed by atoms with van der Waals surface area (Å²) >= 11 is 7.32. The molecule has 0 bridgehead atoms. The number of hydrogen-bond acceptors (Lipinski definition) is 9. The van der Waals surface area contributed by atoms with Gasteiger partial charge in [0.05, 0.1) is 26.7 Å². The fourth-order valence-corrected chi connectivity index (χ4v) is 9.56. The largest absolute Gasteiger partial charge is 0.444 e. The molecular formula is C25H31ClN4O6S3. The quantitative estimate of drug-likeness (QED) is 0.404. The van der Waals surface area contributed by atoms with Crippen molar-refractivity contribution in [1.82, 2.24) is 14.1 Å². The van der Waals surface area contributed by atoms with Crippen LogP contribution in [0.15, 0.2) is 38.8 Å². The smallest absolute Gasteiger partial charge is 0.410 e. The van der Waals surface area contributed by atoms with Gasteiger partial charge in [-0.1, -0.05) is 17.7 Å². The van der Waals surface area contributed by atoms with Gasteiger partial charge in [-0.25, -0.2) is 13.2 Å². The second kappa shape index (κ2) is 9.35. The molecule has 14 heteroatoms. The predicted octanol–water partition coefficient (Wildman–Crippen LogP) is 4.76. The van der Waals surface area contributed by atoms with Gasteiger partial charge in [0.25, 0.3) is 10.0 Å². The maximum atomic E-state index is 13.8. The number of aromatic nitrogens is 2. The molecule has 0 unspecified atom stereocenters. The van der Waals surface area contributed by atoms with Gasteiger partial charge in [-0.15, -0.1) is 16.4 Å². The predicted molar refractivity (Wildman–Crippen MR) is 151 cm³/mol. The first-order valence-corrected chi connectivity index (χ1v) is 16.8. The molecule has 0 radical (unpaired) electrons. The summed E-state index contributed by atoms with van der Waals surface area (Å²) in [6, 6.07) is 7.58. The van der Waals surface area contributed by atoms with Crippen LogP contribution in [0, 0.1) is 0 Å². The fraction of sp³-hybridized carbons (Fsp3) is 0.520. The van der Waals surface area contributed by atoms with E-state index in [-0.39, 0.29) is 14.5 Å². The molecule has 0 N–H and O–H groups in total. The van der Waals surface area contributed by atoms with Crippen molar-refractivity contribution >= 4 is 65.6 Å². The minimum atomic E-state index is -4.24. The van der Waals surface area contributed by atoms with E-state index in [1.807, 2.05) is 20.8 Å². The summed E-state index contributed by atoms with van der Waals surface area (Å²) in [5, 5.41) is 4.74. The number of anilines is 1. The normalized spacial score (nSPS) is 17.8. The van der Waals surface area contributed by atoms with Gasteiger partial charge in [-0.05, 0) is 71.7 Å². The summed E-state index contributed by atoms with van der Waals surface area (Å²) in [6.45, 7) is 9.80. The average molecular weight is 615 g/mol. The summed E-state index contributed by atoms with van der Waals surface area (Å²) in [5.41, 5.74) is -0.714. The highest BCUT2D eigenvalue weighted by molar-refractivity contribution is 7.95. The SMILES string of the molecule is CC(C)S(=O)(=O)c1ccc(S(=O)(=O)n2nc(N3CCN(C(=O)OC(C)(C)C)CC34CC4)c3c(Cl)cccc32)s1. The Morgan fingerprint density at radius 1 is 1.08 bits per heavy atom. The summed E-state index contributed by atoms with van der Waals surface area (Å²) < 4.78 is 59.3. The third-order valence-electron chi connectivity index (χ3n) is 6.93. The molecule has 1 spiro atoms. The van der Waals surface area contributed by atoms with Gasteiger partial charge in [0, 0.05) is 19.6 Å². The van der Waals surface area contributed by atoms with Crippen LogP contribution in [0.1, 0.15) is 47.5 Å². The molecule has 3 heterocycles. The molecule has 3 aromatic rings. The zero-order chi connectivity index (χ0) is 28.5. The Hall–Kier alpha value is -2.35. The second-order valence-corrected chi connectivity index (χ2v) is 17.5. The van der Waals surface area contributed by atoms with Gasteiger partial charge in [-0.3, -0.25) is 0 Å². The molecule has 1 aliphatic heterocycles. The van der Waals surface area contributed by atoms with Crippen molar-refractivity contribution in [3.63, 3.8) is 0 Å². The van der Waals surface area contributed by atoms with Crippen molar-refractivity contribution in [2.75, 3.05) is 24.5 Å². The molecule has 5 rings (SSSR count). The Balaban J connectivity index is 1.55. The number of amides is 1. The third-order valence-corrected chi connectivity index (χ3v) is 13.1. The number of hydrogen-bond donors (Lipinski definition) is 0. The van der Waals surface area contributed by atoms with Crippen LogP contribution in [-0.4, -0.2) is 73.0 Å². The summed E-state index contributed by atoms with van der Waals surface area (Å²) in [6.07, 6.45) is 1.23. The number of rotatable bonds is 5. The molecule has 0 atom stereocenters. The first kappa shape index (κ1) is 28.2. The van der Waals surface area contributed by atoms with Gasteiger partial charge in [-0.2, -0.15) is 12.5 Å². The van der Waals surface area contributed by atoms with Crippen LogP contribution in [-0.2, 0) is 24.6 Å². The van der Waals surface area contributed by atoms with Crippen LogP contribution in [0.4, 0.5) is 10.6 Å². The molecule has 1 aliphatic carbocycles. The third kappa shape index (κ3) is 4.91. The highest BCUT2D eigenvalue weighted by Gasteiger charge is 2.54. The van der Waals surface area contributed by atoms with E-state index in [2.05, 4.69) is 10.00 Å². The summed E-state index contributed by atoms with van der Waals surface area (Å²) in [7, 11) is -7.87. The number of carbonyl (C=O) groups is 1. The number of thiophene rings is 1. The van der Waals surface area contributed by atoms with Crippen LogP contribution in [0.2, 0.25) is 5.02 Å². The number of ether oxygens (including phenoxy) is 1. The number of piperazine rings is 1.